The summed E-state index contributed by atoms with van der Waals surface area (Å²) >= 11 is 11.9. The molecule has 234 valence electrons. The summed E-state index contributed by atoms with van der Waals surface area (Å²) < 4.78 is 41.1. The van der Waals surface area contributed by atoms with Gasteiger partial charge in [0.05, 0.1) is 36.6 Å². The molecule has 15 heteroatoms. The van der Waals surface area contributed by atoms with Crippen LogP contribution in [0.25, 0.3) is 11.3 Å². The van der Waals surface area contributed by atoms with E-state index in [2.05, 4.69) is 10.3 Å². The Labute approximate surface area is 261 Å². The number of amides is 1. The highest BCUT2D eigenvalue weighted by atomic mass is 35.5. The van der Waals surface area contributed by atoms with Gasteiger partial charge >= 0.3 is 0 Å². The van der Waals surface area contributed by atoms with Crippen LogP contribution < -0.4 is 4.90 Å². The Morgan fingerprint density at radius 3 is 2.52 bits per heavy atom. The van der Waals surface area contributed by atoms with Crippen molar-refractivity contribution in [2.24, 2.45) is 0 Å². The number of anilines is 1. The third-order valence-electron chi connectivity index (χ3n) is 8.03. The standard InChI is InChI=1S/C29H29Cl2F2N5O6/c1-43-27-25(37-12-20(35-36-37)15-8-18(32)24(31)19(33)9-15)26(41)23(13-39)44-28(27)29(42)38(21-4-2-3-5-22(21)40)17-7-14(11-34)6-16(30)10-17/h6-10,12,21-23,25-28,39-41H,2-5,13H2,1H3/t21-,22-,23+,25-,26-,27+,28+/m0/s1. The van der Waals surface area contributed by atoms with Gasteiger partial charge in [0.2, 0.25) is 0 Å². The Morgan fingerprint density at radius 2 is 1.89 bits per heavy atom. The number of methoxy groups -OCH3 is 1. The van der Waals surface area contributed by atoms with E-state index in [0.717, 1.165) is 25.0 Å². The first kappa shape index (κ1) is 32.2. The maximum atomic E-state index is 14.5. The van der Waals surface area contributed by atoms with Crippen molar-refractivity contribution in [1.82, 2.24) is 15.0 Å². The van der Waals surface area contributed by atoms with Crippen molar-refractivity contribution in [2.75, 3.05) is 18.6 Å². The van der Waals surface area contributed by atoms with Gasteiger partial charge in [-0.25, -0.2) is 13.5 Å². The van der Waals surface area contributed by atoms with E-state index < -0.39 is 71.8 Å². The van der Waals surface area contributed by atoms with Crippen LogP contribution >= 0.6 is 23.2 Å². The Bertz CT molecular complexity index is 1550. The summed E-state index contributed by atoms with van der Waals surface area (Å²) in [6, 6.07) is 6.50. The maximum Gasteiger partial charge on any atom is 0.259 e. The highest BCUT2D eigenvalue weighted by Crippen LogP contribution is 2.37. The summed E-state index contributed by atoms with van der Waals surface area (Å²) in [6.45, 7) is -0.686. The summed E-state index contributed by atoms with van der Waals surface area (Å²) in [5.74, 6) is -2.69. The van der Waals surface area contributed by atoms with Crippen molar-refractivity contribution >= 4 is 34.8 Å². The second kappa shape index (κ2) is 13.4. The van der Waals surface area contributed by atoms with Gasteiger partial charge in [-0.3, -0.25) is 4.79 Å². The lowest BCUT2D eigenvalue weighted by molar-refractivity contribution is -0.211. The minimum atomic E-state index is -1.47. The molecule has 3 aromatic rings. The minimum Gasteiger partial charge on any atom is -0.394 e. The van der Waals surface area contributed by atoms with Gasteiger partial charge in [0.25, 0.3) is 5.91 Å². The number of ether oxygens (including phenoxy) is 2. The smallest absolute Gasteiger partial charge is 0.259 e. The summed E-state index contributed by atoms with van der Waals surface area (Å²) in [5, 5.41) is 49.4. The highest BCUT2D eigenvalue weighted by Gasteiger charge is 2.52. The van der Waals surface area contributed by atoms with Gasteiger partial charge in [0, 0.05) is 23.4 Å². The molecule has 5 rings (SSSR count). The highest BCUT2D eigenvalue weighted by molar-refractivity contribution is 6.31. The van der Waals surface area contributed by atoms with Gasteiger partial charge < -0.3 is 29.7 Å². The summed E-state index contributed by atoms with van der Waals surface area (Å²) in [7, 11) is 1.29. The van der Waals surface area contributed by atoms with E-state index in [9.17, 15) is 34.2 Å². The molecule has 11 nitrogen and oxygen atoms in total. The van der Waals surface area contributed by atoms with Crippen LogP contribution in [0.1, 0.15) is 37.3 Å². The van der Waals surface area contributed by atoms with Gasteiger partial charge in [-0.15, -0.1) is 5.10 Å². The van der Waals surface area contributed by atoms with Crippen LogP contribution in [0.4, 0.5) is 14.5 Å². The second-order valence-electron chi connectivity index (χ2n) is 10.7. The molecule has 1 aliphatic heterocycles. The number of aliphatic hydroxyl groups is 3. The molecule has 44 heavy (non-hydrogen) atoms. The quantitative estimate of drug-likeness (QED) is 0.326. The van der Waals surface area contributed by atoms with E-state index in [4.69, 9.17) is 32.7 Å². The SMILES string of the molecule is CO[C@@H]1[C@@H](n2cc(-c3cc(F)c(Cl)c(F)c3)nn2)[C@@H](O)[C@@H](CO)O[C@H]1C(=O)N(c1cc(Cl)cc(C#N)c1)[C@H]1CCCC[C@@H]1O. The number of benzene rings is 2. The zero-order chi connectivity index (χ0) is 31.7. The van der Waals surface area contributed by atoms with Gasteiger partial charge in [-0.2, -0.15) is 5.26 Å². The van der Waals surface area contributed by atoms with E-state index in [0.29, 0.717) is 12.8 Å². The lowest BCUT2D eigenvalue weighted by atomic mass is 9.88. The molecule has 7 atom stereocenters. The first-order chi connectivity index (χ1) is 21.1. The largest absolute Gasteiger partial charge is 0.394 e. The van der Waals surface area contributed by atoms with Crippen LogP contribution in [0.2, 0.25) is 10.0 Å². The lowest BCUT2D eigenvalue weighted by Crippen LogP contribution is -2.63. The first-order valence-electron chi connectivity index (χ1n) is 13.8. The van der Waals surface area contributed by atoms with Gasteiger partial charge in [0.1, 0.15) is 46.7 Å². The van der Waals surface area contributed by atoms with Gasteiger partial charge in [-0.05, 0) is 43.2 Å². The Morgan fingerprint density at radius 1 is 1.18 bits per heavy atom. The number of nitriles is 1. The Hall–Kier alpha value is -3.22. The predicted octanol–water partition coefficient (Wildman–Crippen LogP) is 3.42. The van der Waals surface area contributed by atoms with E-state index in [1.165, 1.54) is 41.1 Å². The first-order valence-corrected chi connectivity index (χ1v) is 14.6. The molecule has 3 N–H and O–H groups in total. The van der Waals surface area contributed by atoms with Crippen molar-refractivity contribution in [3.63, 3.8) is 0 Å². The minimum absolute atomic E-state index is 0.0178. The fraction of sp³-hybridized carbons (Fsp3) is 0.448. The van der Waals surface area contributed by atoms with E-state index in [1.807, 2.05) is 6.07 Å². The van der Waals surface area contributed by atoms with Gasteiger partial charge in [0.15, 0.2) is 6.10 Å². The van der Waals surface area contributed by atoms with Crippen molar-refractivity contribution in [3.05, 3.63) is 63.8 Å². The summed E-state index contributed by atoms with van der Waals surface area (Å²) in [6.07, 6.45) is -2.65. The van der Waals surface area contributed by atoms with Crippen molar-refractivity contribution in [2.45, 2.75) is 68.3 Å². The number of rotatable bonds is 7. The van der Waals surface area contributed by atoms with E-state index in [1.54, 1.807) is 0 Å². The number of hydrogen-bond acceptors (Lipinski definition) is 9. The molecule has 2 aromatic carbocycles. The third-order valence-corrected chi connectivity index (χ3v) is 8.61. The maximum absolute atomic E-state index is 14.5. The zero-order valence-corrected chi connectivity index (χ0v) is 24.9. The number of carbonyl (C=O) groups is 1. The average Bonchev–Trinajstić information content (AvgIpc) is 3.50. The molecule has 1 amide bonds. The fourth-order valence-electron chi connectivity index (χ4n) is 5.91. The van der Waals surface area contributed by atoms with Crippen LogP contribution in [0.3, 0.4) is 0 Å². The third kappa shape index (κ3) is 6.16. The number of aromatic nitrogens is 3. The summed E-state index contributed by atoms with van der Waals surface area (Å²) in [4.78, 5) is 15.8. The molecule has 0 spiro atoms. The molecule has 0 unspecified atom stereocenters. The van der Waals surface area contributed by atoms with Gasteiger partial charge in [-0.1, -0.05) is 41.3 Å². The van der Waals surface area contributed by atoms with Crippen LogP contribution in [0.15, 0.2) is 36.5 Å². The molecule has 2 heterocycles. The molecule has 2 fully saturated rings. The Balaban J connectivity index is 1.56. The number of nitrogens with zero attached hydrogens (tertiary/aromatic N) is 5. The molecule has 0 bridgehead atoms. The van der Waals surface area contributed by atoms with Crippen LogP contribution in [0, 0.1) is 23.0 Å². The number of carbonyl (C=O) groups excluding carboxylic acids is 1. The van der Waals surface area contributed by atoms with Crippen LogP contribution in [-0.2, 0) is 14.3 Å². The monoisotopic (exact) mass is 651 g/mol. The molecule has 2 aliphatic rings. The molecular weight excluding hydrogens is 623 g/mol. The second-order valence-corrected chi connectivity index (χ2v) is 11.5. The molecule has 1 saturated heterocycles. The summed E-state index contributed by atoms with van der Waals surface area (Å²) in [5.41, 5.74) is 0.493. The lowest BCUT2D eigenvalue weighted by Gasteiger charge is -2.46. The molecule has 1 aliphatic carbocycles. The normalized spacial score (nSPS) is 27.1. The van der Waals surface area contributed by atoms with Crippen molar-refractivity contribution in [1.29, 1.82) is 5.26 Å². The molecule has 0 radical (unpaired) electrons. The average molecular weight is 652 g/mol. The topological polar surface area (TPSA) is 154 Å². The fourth-order valence-corrected chi connectivity index (χ4v) is 6.25. The zero-order valence-electron chi connectivity index (χ0n) is 23.4. The van der Waals surface area contributed by atoms with Crippen LogP contribution in [0.5, 0.6) is 0 Å². The molecule has 1 aromatic heterocycles. The molecular formula is C29H29Cl2F2N5O6. The number of halogens is 4. The van der Waals surface area contributed by atoms with E-state index in [-0.39, 0.29) is 27.5 Å². The van der Waals surface area contributed by atoms with Crippen molar-refractivity contribution < 1.29 is 38.4 Å². The van der Waals surface area contributed by atoms with Crippen LogP contribution in [-0.4, -0.2) is 86.5 Å². The predicted molar refractivity (Wildman–Crippen MR) is 154 cm³/mol. The number of aliphatic hydroxyl groups excluding tert-OH is 3. The number of hydrogen-bond donors (Lipinski definition) is 3. The van der Waals surface area contributed by atoms with Crippen molar-refractivity contribution in [3.8, 4) is 17.3 Å². The molecule has 1 saturated carbocycles. The Kier molecular flexibility index (Phi) is 9.81. The van der Waals surface area contributed by atoms with E-state index >= 15 is 0 Å².